The fraction of sp³-hybridized carbons (Fsp3) is 0.160. The third kappa shape index (κ3) is 4.64. The molecule has 1 aromatic heterocycles. The van der Waals surface area contributed by atoms with Crippen molar-refractivity contribution in [1.29, 1.82) is 0 Å². The van der Waals surface area contributed by atoms with Gasteiger partial charge in [-0.05, 0) is 43.7 Å². The summed E-state index contributed by atoms with van der Waals surface area (Å²) in [5.74, 6) is 2.48. The molecule has 0 unspecified atom stereocenters. The van der Waals surface area contributed by atoms with Gasteiger partial charge in [0, 0.05) is 17.7 Å². The second-order valence-corrected chi connectivity index (χ2v) is 7.26. The van der Waals surface area contributed by atoms with Crippen LogP contribution in [-0.2, 0) is 6.61 Å². The van der Waals surface area contributed by atoms with Crippen LogP contribution in [0, 0.1) is 13.8 Å². The number of H-pyrrole nitrogens is 1. The summed E-state index contributed by atoms with van der Waals surface area (Å²) in [6.45, 7) is 4.33. The number of aromatic nitrogens is 2. The smallest absolute Gasteiger partial charge is 0.176 e. The normalized spacial score (nSPS) is 10.7. The maximum absolute atomic E-state index is 10.7. The number of nitrogens with one attached hydrogen (secondary N) is 1. The van der Waals surface area contributed by atoms with Crippen LogP contribution in [0.1, 0.15) is 16.8 Å². The Morgan fingerprint density at radius 2 is 1.68 bits per heavy atom. The Bertz CT molecular complexity index is 1180. The number of phenolic OH excluding ortho intramolecular Hbond substituents is 1. The van der Waals surface area contributed by atoms with Crippen molar-refractivity contribution in [3.8, 4) is 40.0 Å². The minimum absolute atomic E-state index is 0.0587. The molecule has 0 atom stereocenters. The molecular formula is C25H24N2O4. The van der Waals surface area contributed by atoms with E-state index in [0.29, 0.717) is 40.9 Å². The second kappa shape index (κ2) is 8.83. The van der Waals surface area contributed by atoms with Gasteiger partial charge < -0.3 is 19.3 Å². The first-order valence-electron chi connectivity index (χ1n) is 9.92. The molecule has 31 heavy (non-hydrogen) atoms. The predicted octanol–water partition coefficient (Wildman–Crippen LogP) is 5.78. The molecule has 0 aliphatic heterocycles. The largest absolute Gasteiger partial charge is 0.507 e. The lowest BCUT2D eigenvalue weighted by Crippen LogP contribution is -1.95. The summed E-state index contributed by atoms with van der Waals surface area (Å²) in [4.78, 5) is 0. The molecule has 1 heterocycles. The van der Waals surface area contributed by atoms with E-state index in [1.54, 1.807) is 25.3 Å². The van der Waals surface area contributed by atoms with Gasteiger partial charge in [0.25, 0.3) is 0 Å². The zero-order valence-corrected chi connectivity index (χ0v) is 17.7. The van der Waals surface area contributed by atoms with Crippen LogP contribution in [-0.4, -0.2) is 22.4 Å². The molecule has 2 N–H and O–H groups in total. The number of rotatable bonds is 7. The highest BCUT2D eigenvalue weighted by Crippen LogP contribution is 2.40. The standard InChI is InChI=1S/C25H24N2O4/c1-16-7-9-18(10-8-16)15-30-20-11-12-22(23(28)14-20)24-25(17(2)26-27-24)31-21-6-4-5-19(13-21)29-3/h4-14,28H,15H2,1-3H3,(H,26,27). The number of benzene rings is 3. The summed E-state index contributed by atoms with van der Waals surface area (Å²) in [7, 11) is 1.61. The third-order valence-corrected chi connectivity index (χ3v) is 4.90. The third-order valence-electron chi connectivity index (χ3n) is 4.90. The van der Waals surface area contributed by atoms with Crippen LogP contribution in [0.25, 0.3) is 11.3 Å². The monoisotopic (exact) mass is 416 g/mol. The molecule has 0 fully saturated rings. The highest BCUT2D eigenvalue weighted by molar-refractivity contribution is 5.74. The molecule has 4 aromatic rings. The van der Waals surface area contributed by atoms with Gasteiger partial charge in [0.15, 0.2) is 5.75 Å². The van der Waals surface area contributed by atoms with Gasteiger partial charge >= 0.3 is 0 Å². The fourth-order valence-corrected chi connectivity index (χ4v) is 3.16. The van der Waals surface area contributed by atoms with E-state index in [2.05, 4.69) is 10.2 Å². The number of ether oxygens (including phenoxy) is 3. The summed E-state index contributed by atoms with van der Waals surface area (Å²) in [6, 6.07) is 20.6. The molecule has 3 aromatic carbocycles. The summed E-state index contributed by atoms with van der Waals surface area (Å²) >= 11 is 0. The SMILES string of the molecule is COc1cccc(Oc2c(-c3ccc(OCc4ccc(C)cc4)cc3O)n[nH]c2C)c1. The first-order valence-corrected chi connectivity index (χ1v) is 9.92. The number of aromatic hydroxyl groups is 1. The molecule has 0 spiro atoms. The van der Waals surface area contributed by atoms with Crippen LogP contribution >= 0.6 is 0 Å². The topological polar surface area (TPSA) is 76.6 Å². The van der Waals surface area contributed by atoms with E-state index < -0.39 is 0 Å². The van der Waals surface area contributed by atoms with Crippen molar-refractivity contribution in [3.05, 3.63) is 83.6 Å². The summed E-state index contributed by atoms with van der Waals surface area (Å²) in [5.41, 5.74) is 4.07. The first-order chi connectivity index (χ1) is 15.0. The van der Waals surface area contributed by atoms with Crippen LogP contribution in [0.15, 0.2) is 66.7 Å². The molecule has 6 nitrogen and oxygen atoms in total. The highest BCUT2D eigenvalue weighted by atomic mass is 16.5. The van der Waals surface area contributed by atoms with E-state index in [1.807, 2.05) is 62.4 Å². The number of hydrogen-bond acceptors (Lipinski definition) is 5. The van der Waals surface area contributed by atoms with E-state index in [-0.39, 0.29) is 5.75 Å². The molecule has 4 rings (SSSR count). The van der Waals surface area contributed by atoms with Crippen molar-refractivity contribution in [2.45, 2.75) is 20.5 Å². The average Bonchev–Trinajstić information content (AvgIpc) is 3.13. The van der Waals surface area contributed by atoms with E-state index >= 15 is 0 Å². The Balaban J connectivity index is 1.55. The number of aryl methyl sites for hydroxylation is 2. The highest BCUT2D eigenvalue weighted by Gasteiger charge is 2.18. The van der Waals surface area contributed by atoms with Crippen LogP contribution in [0.5, 0.6) is 28.7 Å². The summed E-state index contributed by atoms with van der Waals surface area (Å²) in [6.07, 6.45) is 0. The minimum atomic E-state index is 0.0587. The average molecular weight is 416 g/mol. The van der Waals surface area contributed by atoms with E-state index in [9.17, 15) is 5.11 Å². The second-order valence-electron chi connectivity index (χ2n) is 7.26. The summed E-state index contributed by atoms with van der Waals surface area (Å²) < 4.78 is 17.1. The van der Waals surface area contributed by atoms with Crippen molar-refractivity contribution < 1.29 is 19.3 Å². The minimum Gasteiger partial charge on any atom is -0.507 e. The van der Waals surface area contributed by atoms with Gasteiger partial charge in [-0.3, -0.25) is 5.10 Å². The molecule has 158 valence electrons. The molecule has 0 amide bonds. The number of methoxy groups -OCH3 is 1. The van der Waals surface area contributed by atoms with Crippen molar-refractivity contribution in [1.82, 2.24) is 10.2 Å². The molecule has 0 bridgehead atoms. The quantitative estimate of drug-likeness (QED) is 0.399. The molecule has 0 saturated carbocycles. The van der Waals surface area contributed by atoms with Gasteiger partial charge in [-0.15, -0.1) is 0 Å². The lowest BCUT2D eigenvalue weighted by Gasteiger charge is -2.11. The van der Waals surface area contributed by atoms with Crippen LogP contribution < -0.4 is 14.2 Å². The fourth-order valence-electron chi connectivity index (χ4n) is 3.16. The lowest BCUT2D eigenvalue weighted by molar-refractivity contribution is 0.304. The van der Waals surface area contributed by atoms with E-state index in [4.69, 9.17) is 14.2 Å². The van der Waals surface area contributed by atoms with Crippen molar-refractivity contribution in [3.63, 3.8) is 0 Å². The zero-order valence-electron chi connectivity index (χ0n) is 17.7. The van der Waals surface area contributed by atoms with Crippen LogP contribution in [0.4, 0.5) is 0 Å². The van der Waals surface area contributed by atoms with Gasteiger partial charge in [-0.2, -0.15) is 5.10 Å². The Labute approximate surface area is 181 Å². The van der Waals surface area contributed by atoms with E-state index in [1.165, 1.54) is 5.56 Å². The van der Waals surface area contributed by atoms with Gasteiger partial charge in [0.2, 0.25) is 0 Å². The number of nitrogens with zero attached hydrogens (tertiary/aromatic N) is 1. The molecule has 6 heteroatoms. The van der Waals surface area contributed by atoms with Gasteiger partial charge in [-0.25, -0.2) is 0 Å². The number of aromatic amines is 1. The maximum Gasteiger partial charge on any atom is 0.176 e. The van der Waals surface area contributed by atoms with Crippen LogP contribution in [0.3, 0.4) is 0 Å². The number of hydrogen-bond donors (Lipinski definition) is 2. The maximum atomic E-state index is 10.7. The van der Waals surface area contributed by atoms with E-state index in [0.717, 1.165) is 11.3 Å². The zero-order chi connectivity index (χ0) is 21.8. The predicted molar refractivity (Wildman–Crippen MR) is 119 cm³/mol. The molecule has 0 aliphatic carbocycles. The van der Waals surface area contributed by atoms with Gasteiger partial charge in [-0.1, -0.05) is 35.9 Å². The Morgan fingerprint density at radius 3 is 2.42 bits per heavy atom. The Morgan fingerprint density at radius 1 is 0.903 bits per heavy atom. The number of phenols is 1. The van der Waals surface area contributed by atoms with Gasteiger partial charge in [0.1, 0.15) is 35.3 Å². The molecular weight excluding hydrogens is 392 g/mol. The van der Waals surface area contributed by atoms with Crippen molar-refractivity contribution in [2.24, 2.45) is 0 Å². The first kappa shape index (κ1) is 20.3. The van der Waals surface area contributed by atoms with Crippen molar-refractivity contribution >= 4 is 0 Å². The van der Waals surface area contributed by atoms with Crippen LogP contribution in [0.2, 0.25) is 0 Å². The summed E-state index contributed by atoms with van der Waals surface area (Å²) in [5, 5.41) is 17.9. The molecule has 0 saturated heterocycles. The lowest BCUT2D eigenvalue weighted by atomic mass is 10.1. The molecule has 0 radical (unpaired) electrons. The van der Waals surface area contributed by atoms with Crippen molar-refractivity contribution in [2.75, 3.05) is 7.11 Å². The van der Waals surface area contributed by atoms with Gasteiger partial charge in [0.05, 0.1) is 12.8 Å². The Kier molecular flexibility index (Phi) is 5.80. The Hall–Kier alpha value is -3.93. The molecule has 0 aliphatic rings.